The summed E-state index contributed by atoms with van der Waals surface area (Å²) in [6, 6.07) is 13.1. The minimum Gasteiger partial charge on any atom is -0.467 e. The lowest BCUT2D eigenvalue weighted by Crippen LogP contribution is -2.68. The second-order valence-corrected chi connectivity index (χ2v) is 22.7. The Hall–Kier alpha value is -6.40. The van der Waals surface area contributed by atoms with Gasteiger partial charge in [-0.15, -0.1) is 5.53 Å². The number of halogens is 2. The summed E-state index contributed by atoms with van der Waals surface area (Å²) in [6.45, 7) is 7.62. The number of unbranched alkanes of at least 4 members (excludes halogenated alkanes) is 6. The van der Waals surface area contributed by atoms with Gasteiger partial charge in [0, 0.05) is 88.6 Å². The first-order valence-corrected chi connectivity index (χ1v) is 29.8. The van der Waals surface area contributed by atoms with Gasteiger partial charge in [0.2, 0.25) is 0 Å². The van der Waals surface area contributed by atoms with Crippen molar-refractivity contribution in [3.63, 3.8) is 0 Å². The summed E-state index contributed by atoms with van der Waals surface area (Å²) in [6.07, 6.45) is -2.67. The fourth-order valence-electron chi connectivity index (χ4n) is 11.2. The Morgan fingerprint density at radius 2 is 1.06 bits per heavy atom. The van der Waals surface area contributed by atoms with E-state index in [1.165, 1.54) is 45.5 Å². The Morgan fingerprint density at radius 3 is 1.55 bits per heavy atom. The van der Waals surface area contributed by atoms with E-state index in [1.54, 1.807) is 6.20 Å². The van der Waals surface area contributed by atoms with E-state index >= 15 is 0 Å². The zero-order valence-electron chi connectivity index (χ0n) is 49.7. The number of ether oxygens (including phenoxy) is 12. The zero-order chi connectivity index (χ0) is 62.8. The molecule has 5 N–H and O–H groups in total. The van der Waals surface area contributed by atoms with E-state index in [9.17, 15) is 38.4 Å². The molecule has 474 valence electrons. The van der Waals surface area contributed by atoms with Crippen molar-refractivity contribution in [2.45, 2.75) is 172 Å². The number of nitrogens with one attached hydrogen (secondary N) is 3. The first-order chi connectivity index (χ1) is 41.0. The third-order valence-electron chi connectivity index (χ3n) is 14.6. The minimum absolute atomic E-state index is 0.00271. The van der Waals surface area contributed by atoms with Crippen molar-refractivity contribution in [1.82, 2.24) is 26.4 Å². The average molecular weight is 1340 g/mol. The Balaban J connectivity index is 1.03. The number of esters is 8. The topological polar surface area (TPSA) is 316 Å². The summed E-state index contributed by atoms with van der Waals surface area (Å²) in [5, 5.41) is 2.77. The Kier molecular flexibility index (Phi) is 26.0. The van der Waals surface area contributed by atoms with Crippen LogP contribution < -0.4 is 22.1 Å². The first kappa shape index (κ1) is 68.7. The van der Waals surface area contributed by atoms with E-state index in [2.05, 4.69) is 84.6 Å². The summed E-state index contributed by atoms with van der Waals surface area (Å²) < 4.78 is 69.3. The maximum atomic E-state index is 13.0. The number of carbonyl (C=O) groups is 8. The first-order valence-electron chi connectivity index (χ1n) is 28.2. The van der Waals surface area contributed by atoms with Gasteiger partial charge in [-0.1, -0.05) is 82.5 Å². The standard InChI is InChI=1S/C58H78Br2N6O20/c1-32(67)79-46-48(81-34(3)69)52(56(73)75-8)85-54(50(46)83-36(5)71)65(62-7)29-40(61)30-77-24-16-12-10-14-22-58(44-26-38(59)18-20-42(44)43-21-19-39(60)27-45(43)58)23-15-11-13-17-25-78-31-41-28-63-64-66(41)55-51(84-37(6)72)47(80-33(2)68)49(82-35(4)70)53(86-55)57(74)76-9/h18-21,26-29,46-55,62-64H,10-17,22-25,30-31,61H2,1-9H3/b40-29-. The summed E-state index contributed by atoms with van der Waals surface area (Å²) >= 11 is 7.54. The van der Waals surface area contributed by atoms with Gasteiger partial charge in [-0.2, -0.15) is 0 Å². The molecule has 4 aliphatic rings. The molecule has 0 saturated carbocycles. The number of carbonyl (C=O) groups excluding carboxylic acids is 8. The van der Waals surface area contributed by atoms with Gasteiger partial charge in [-0.05, 0) is 72.2 Å². The normalized spacial score (nSPS) is 23.7. The van der Waals surface area contributed by atoms with Crippen LogP contribution in [0.2, 0.25) is 0 Å². The van der Waals surface area contributed by atoms with Crippen LogP contribution in [0, 0.1) is 0 Å². The lowest BCUT2D eigenvalue weighted by molar-refractivity contribution is -0.274. The predicted octanol–water partition coefficient (Wildman–Crippen LogP) is 5.20. The van der Waals surface area contributed by atoms with Crippen LogP contribution >= 0.6 is 31.9 Å². The molecule has 0 spiro atoms. The van der Waals surface area contributed by atoms with Gasteiger partial charge in [0.1, 0.15) is 0 Å². The second-order valence-electron chi connectivity index (χ2n) is 20.9. The van der Waals surface area contributed by atoms with Crippen LogP contribution in [0.4, 0.5) is 0 Å². The van der Waals surface area contributed by atoms with Gasteiger partial charge in [0.05, 0.1) is 38.8 Å². The third kappa shape index (κ3) is 17.9. The van der Waals surface area contributed by atoms with Crippen LogP contribution in [0.15, 0.2) is 69.1 Å². The highest BCUT2D eigenvalue weighted by atomic mass is 79.9. The van der Waals surface area contributed by atoms with Crippen LogP contribution in [-0.2, 0) is 101 Å². The molecule has 2 fully saturated rings. The Bertz CT molecular complexity index is 2750. The van der Waals surface area contributed by atoms with Crippen molar-refractivity contribution in [3.8, 4) is 11.1 Å². The Morgan fingerprint density at radius 1 is 0.616 bits per heavy atom. The molecule has 26 nitrogen and oxygen atoms in total. The lowest BCUT2D eigenvalue weighted by Gasteiger charge is -2.46. The molecule has 0 radical (unpaired) electrons. The quantitative estimate of drug-likeness (QED) is 0.0338. The highest BCUT2D eigenvalue weighted by Crippen LogP contribution is 2.55. The minimum atomic E-state index is -1.59. The van der Waals surface area contributed by atoms with Gasteiger partial charge in [0.25, 0.3) is 0 Å². The highest BCUT2D eigenvalue weighted by molar-refractivity contribution is 9.10. The monoisotopic (exact) mass is 1340 g/mol. The molecule has 10 unspecified atom stereocenters. The maximum absolute atomic E-state index is 13.0. The van der Waals surface area contributed by atoms with E-state index in [0.717, 1.165) is 129 Å². The molecule has 86 heavy (non-hydrogen) atoms. The number of nitrogens with two attached hydrogens (primary N) is 1. The third-order valence-corrected chi connectivity index (χ3v) is 15.6. The Labute approximate surface area is 516 Å². The molecule has 2 aromatic carbocycles. The van der Waals surface area contributed by atoms with Gasteiger partial charge in [0.15, 0.2) is 61.3 Å². The smallest absolute Gasteiger partial charge is 0.339 e. The van der Waals surface area contributed by atoms with Crippen LogP contribution in [0.1, 0.15) is 117 Å². The molecule has 0 aromatic heterocycles. The number of benzene rings is 2. The molecule has 1 aliphatic carbocycles. The van der Waals surface area contributed by atoms with Crippen molar-refractivity contribution in [1.29, 1.82) is 0 Å². The van der Waals surface area contributed by atoms with Crippen LogP contribution in [-0.4, -0.2) is 167 Å². The summed E-state index contributed by atoms with van der Waals surface area (Å²) in [7, 11) is 3.77. The van der Waals surface area contributed by atoms with Crippen molar-refractivity contribution >= 4 is 79.6 Å². The number of hydrazine groups is 3. The van der Waals surface area contributed by atoms with E-state index in [-0.39, 0.29) is 24.3 Å². The molecule has 10 atom stereocenters. The molecule has 2 aromatic rings. The molecule has 0 bridgehead atoms. The number of nitrogens with zero attached hydrogens (tertiary/aromatic N) is 2. The maximum Gasteiger partial charge on any atom is 0.339 e. The summed E-state index contributed by atoms with van der Waals surface area (Å²) in [5.74, 6) is -6.58. The molecule has 2 saturated heterocycles. The summed E-state index contributed by atoms with van der Waals surface area (Å²) in [4.78, 5) is 99.8. The average Bonchev–Trinajstić information content (AvgIpc) is 1.58. The van der Waals surface area contributed by atoms with Crippen molar-refractivity contribution in [2.75, 3.05) is 47.7 Å². The van der Waals surface area contributed by atoms with Gasteiger partial charge in [-0.25, -0.2) is 15.0 Å². The number of methoxy groups -OCH3 is 2. The van der Waals surface area contributed by atoms with Gasteiger partial charge >= 0.3 is 47.8 Å². The van der Waals surface area contributed by atoms with E-state index in [0.29, 0.717) is 18.9 Å². The van der Waals surface area contributed by atoms with Gasteiger partial charge < -0.3 is 68.0 Å². The van der Waals surface area contributed by atoms with Crippen molar-refractivity contribution in [3.05, 3.63) is 80.3 Å². The molecule has 28 heteroatoms. The van der Waals surface area contributed by atoms with Crippen molar-refractivity contribution < 1.29 is 95.2 Å². The second kappa shape index (κ2) is 32.5. The molecular weight excluding hydrogens is 1260 g/mol. The zero-order valence-corrected chi connectivity index (χ0v) is 52.9. The van der Waals surface area contributed by atoms with Gasteiger partial charge in [-0.3, -0.25) is 38.8 Å². The molecule has 3 aliphatic heterocycles. The van der Waals surface area contributed by atoms with Crippen LogP contribution in [0.3, 0.4) is 0 Å². The molecule has 6 rings (SSSR count). The van der Waals surface area contributed by atoms with E-state index in [1.807, 2.05) is 0 Å². The SMILES string of the molecule is CNN(/C=C(\N)COCCCCCCC1(CCCCCCOCC2=CNNN2C2OC(C(=O)OC)C(OC(C)=O)C(OC(C)=O)C2OC(C)=O)c2cc(Br)ccc2-c2ccc(Br)cc21)C1OC(C(=O)OC)C(OC(C)=O)C(OC(C)=O)C1OC(C)=O. The fourth-order valence-corrected chi connectivity index (χ4v) is 11.9. The number of hydrogen-bond donors (Lipinski definition) is 4. The largest absolute Gasteiger partial charge is 0.467 e. The number of fused-ring (bicyclic) bond motifs is 3. The van der Waals surface area contributed by atoms with Crippen molar-refractivity contribution in [2.24, 2.45) is 5.73 Å². The summed E-state index contributed by atoms with van der Waals surface area (Å²) in [5.41, 5.74) is 20.6. The number of hydrogen-bond acceptors (Lipinski definition) is 26. The molecule has 3 heterocycles. The van der Waals surface area contributed by atoms with Crippen LogP contribution in [0.5, 0.6) is 0 Å². The van der Waals surface area contributed by atoms with E-state index in [4.69, 9.17) is 62.6 Å². The van der Waals surface area contributed by atoms with Crippen LogP contribution in [0.25, 0.3) is 11.1 Å². The predicted molar refractivity (Wildman–Crippen MR) is 310 cm³/mol. The highest BCUT2D eigenvalue weighted by Gasteiger charge is 2.58. The lowest BCUT2D eigenvalue weighted by atomic mass is 9.70. The fraction of sp³-hybridized carbons (Fsp3) is 0.586. The molecule has 0 amide bonds. The number of rotatable bonds is 30. The molecular formula is C58H78Br2N6O20. The van der Waals surface area contributed by atoms with E-state index < -0.39 is 109 Å².